The predicted octanol–water partition coefficient (Wildman–Crippen LogP) is 4.48. The zero-order chi connectivity index (χ0) is 29.5. The van der Waals surface area contributed by atoms with E-state index in [-0.39, 0.29) is 42.6 Å². The van der Waals surface area contributed by atoms with Gasteiger partial charge < -0.3 is 10.6 Å². The lowest BCUT2D eigenvalue weighted by molar-refractivity contribution is -0.142. The third-order valence-electron chi connectivity index (χ3n) is 7.25. The van der Waals surface area contributed by atoms with Crippen molar-refractivity contribution in [2.24, 2.45) is 5.73 Å². The monoisotopic (exact) mass is 598 g/mol. The normalized spacial score (nSPS) is 20.1. The number of thiazole rings is 1. The van der Waals surface area contributed by atoms with Gasteiger partial charge in [-0.25, -0.2) is 18.8 Å². The van der Waals surface area contributed by atoms with Gasteiger partial charge in [0.25, 0.3) is 0 Å². The molecule has 2 aromatic heterocycles. The van der Waals surface area contributed by atoms with Gasteiger partial charge in [-0.05, 0) is 38.0 Å². The van der Waals surface area contributed by atoms with Gasteiger partial charge in [-0.1, -0.05) is 6.07 Å². The third kappa shape index (κ3) is 6.20. The Morgan fingerprint density at radius 3 is 2.46 bits per heavy atom. The van der Waals surface area contributed by atoms with Crippen LogP contribution in [-0.4, -0.2) is 50.7 Å². The number of hydrogen-bond donors (Lipinski definition) is 1. The smallest absolute Gasteiger partial charge is 0.370 e. The van der Waals surface area contributed by atoms with Crippen LogP contribution in [0.15, 0.2) is 29.6 Å². The summed E-state index contributed by atoms with van der Waals surface area (Å²) >= 11 is 1.39. The molecule has 0 bridgehead atoms. The molecule has 2 atom stereocenters. The van der Waals surface area contributed by atoms with Gasteiger partial charge in [0.15, 0.2) is 17.3 Å². The molecule has 2 amide bonds. The summed E-state index contributed by atoms with van der Waals surface area (Å²) in [6.07, 6.45) is -3.97. The van der Waals surface area contributed by atoms with Crippen LogP contribution in [0.2, 0.25) is 0 Å². The van der Waals surface area contributed by atoms with Crippen molar-refractivity contribution in [1.29, 1.82) is 0 Å². The molecule has 2 aliphatic heterocycles. The number of likely N-dealkylation sites (tertiary alicyclic amines) is 1. The Hall–Kier alpha value is -3.59. The highest BCUT2D eigenvalue weighted by atomic mass is 32.1. The summed E-state index contributed by atoms with van der Waals surface area (Å²) in [5, 5.41) is 7.23. The average molecular weight is 599 g/mol. The number of hydrogen-bond acceptors (Lipinski definition) is 7. The lowest BCUT2D eigenvalue weighted by Crippen LogP contribution is -2.40. The van der Waals surface area contributed by atoms with Crippen molar-refractivity contribution >= 4 is 28.8 Å². The Bertz CT molecular complexity index is 1410. The summed E-state index contributed by atoms with van der Waals surface area (Å²) in [5.41, 5.74) is 4.70. The van der Waals surface area contributed by atoms with Crippen LogP contribution in [0.3, 0.4) is 0 Å². The van der Waals surface area contributed by atoms with Crippen LogP contribution in [0.5, 0.6) is 0 Å². The van der Waals surface area contributed by atoms with Crippen LogP contribution in [0.1, 0.15) is 59.7 Å². The van der Waals surface area contributed by atoms with Gasteiger partial charge in [0.1, 0.15) is 18.3 Å². The number of nitrogens with zero attached hydrogens (tertiary/aromatic N) is 5. The Kier molecular flexibility index (Phi) is 8.01. The van der Waals surface area contributed by atoms with E-state index in [1.54, 1.807) is 10.3 Å². The molecular weight excluding hydrogens is 571 g/mol. The molecule has 2 fully saturated rings. The molecule has 2 N–H and O–H groups in total. The maximum Gasteiger partial charge on any atom is 0.435 e. The van der Waals surface area contributed by atoms with E-state index in [0.29, 0.717) is 31.6 Å². The van der Waals surface area contributed by atoms with Crippen LogP contribution in [0, 0.1) is 18.6 Å². The Labute approximate surface area is 235 Å². The summed E-state index contributed by atoms with van der Waals surface area (Å²) in [6, 6.07) is 3.73. The molecule has 0 saturated carbocycles. The van der Waals surface area contributed by atoms with Crippen molar-refractivity contribution in [3.63, 3.8) is 0 Å². The number of nitrogens with two attached hydrogens (primary N) is 1. The number of carbonyl (C=O) groups excluding carboxylic acids is 2. The first kappa shape index (κ1) is 28.9. The standard InChI is InChI=1S/C26H27F5N6O3S/c1-14-9-21(26(29,30)31)34-36(14)12-23(39)35-7-5-15(6-8-35)25-33-19(13-41-25)20-10-16(11-22(32)38)40-37(20)24-17(27)3-2-4-18(24)28/h2-4,9,13,15-16,20H,5-8,10-12H2,1H3,(H2,32,38). The lowest BCUT2D eigenvalue weighted by atomic mass is 9.97. The second-order valence-corrected chi connectivity index (χ2v) is 11.0. The number of halogens is 5. The minimum Gasteiger partial charge on any atom is -0.370 e. The van der Waals surface area contributed by atoms with Crippen molar-refractivity contribution in [3.8, 4) is 0 Å². The molecule has 220 valence electrons. The molecule has 41 heavy (non-hydrogen) atoms. The first-order chi connectivity index (χ1) is 19.4. The lowest BCUT2D eigenvalue weighted by Gasteiger charge is -2.31. The van der Waals surface area contributed by atoms with Crippen molar-refractivity contribution in [3.05, 3.63) is 63.4 Å². The van der Waals surface area contributed by atoms with Gasteiger partial charge in [0, 0.05) is 36.5 Å². The number of primary amides is 1. The van der Waals surface area contributed by atoms with E-state index < -0.39 is 41.6 Å². The quantitative estimate of drug-likeness (QED) is 0.402. The molecule has 1 aromatic carbocycles. The minimum absolute atomic E-state index is 0.0171. The highest BCUT2D eigenvalue weighted by Gasteiger charge is 2.40. The molecule has 9 nitrogen and oxygen atoms in total. The van der Waals surface area contributed by atoms with E-state index in [4.69, 9.17) is 15.6 Å². The molecule has 3 aromatic rings. The van der Waals surface area contributed by atoms with E-state index in [9.17, 15) is 31.5 Å². The van der Waals surface area contributed by atoms with Crippen molar-refractivity contribution in [2.45, 2.75) is 63.4 Å². The maximum atomic E-state index is 14.6. The summed E-state index contributed by atoms with van der Waals surface area (Å²) < 4.78 is 69.2. The number of aromatic nitrogens is 3. The summed E-state index contributed by atoms with van der Waals surface area (Å²) in [5.74, 6) is -2.55. The molecule has 5 rings (SSSR count). The van der Waals surface area contributed by atoms with E-state index in [2.05, 4.69) is 5.10 Å². The topological polar surface area (TPSA) is 107 Å². The summed E-state index contributed by atoms with van der Waals surface area (Å²) in [7, 11) is 0. The van der Waals surface area contributed by atoms with Gasteiger partial charge in [0.05, 0.1) is 23.2 Å². The number of alkyl halides is 3. The second-order valence-electron chi connectivity index (χ2n) is 10.1. The number of rotatable bonds is 7. The van der Waals surface area contributed by atoms with Crippen molar-refractivity contribution in [1.82, 2.24) is 19.7 Å². The fourth-order valence-electron chi connectivity index (χ4n) is 5.17. The predicted molar refractivity (Wildman–Crippen MR) is 138 cm³/mol. The van der Waals surface area contributed by atoms with Crippen LogP contribution < -0.4 is 10.8 Å². The van der Waals surface area contributed by atoms with Crippen LogP contribution in [0.4, 0.5) is 27.6 Å². The molecule has 0 radical (unpaired) electrons. The number of piperidine rings is 1. The summed E-state index contributed by atoms with van der Waals surface area (Å²) in [4.78, 5) is 36.4. The highest BCUT2D eigenvalue weighted by molar-refractivity contribution is 7.09. The van der Waals surface area contributed by atoms with E-state index in [1.165, 1.54) is 24.3 Å². The van der Waals surface area contributed by atoms with Crippen molar-refractivity contribution in [2.75, 3.05) is 18.2 Å². The largest absolute Gasteiger partial charge is 0.435 e. The van der Waals surface area contributed by atoms with E-state index in [1.807, 2.05) is 0 Å². The number of anilines is 1. The van der Waals surface area contributed by atoms with Gasteiger partial charge in [-0.15, -0.1) is 11.3 Å². The highest BCUT2D eigenvalue weighted by Crippen LogP contribution is 2.42. The number of benzene rings is 1. The Balaban J connectivity index is 1.25. The number of para-hydroxylation sites is 1. The maximum absolute atomic E-state index is 14.6. The number of aryl methyl sites for hydroxylation is 1. The second kappa shape index (κ2) is 11.4. The first-order valence-corrected chi connectivity index (χ1v) is 13.8. The van der Waals surface area contributed by atoms with Gasteiger partial charge in [0.2, 0.25) is 11.8 Å². The van der Waals surface area contributed by atoms with Gasteiger partial charge in [-0.3, -0.25) is 19.1 Å². The Morgan fingerprint density at radius 2 is 1.85 bits per heavy atom. The molecule has 2 saturated heterocycles. The van der Waals surface area contributed by atoms with Gasteiger partial charge in [-0.2, -0.15) is 18.3 Å². The Morgan fingerprint density at radius 1 is 1.17 bits per heavy atom. The third-order valence-corrected chi connectivity index (χ3v) is 8.28. The zero-order valence-electron chi connectivity index (χ0n) is 21.9. The minimum atomic E-state index is -4.59. The molecule has 0 spiro atoms. The molecular formula is C26H27F5N6O3S. The van der Waals surface area contributed by atoms with Gasteiger partial charge >= 0.3 is 6.18 Å². The molecule has 0 aliphatic carbocycles. The molecule has 15 heteroatoms. The van der Waals surface area contributed by atoms with Crippen LogP contribution in [-0.2, 0) is 27.1 Å². The number of amides is 2. The van der Waals surface area contributed by atoms with Crippen LogP contribution in [0.25, 0.3) is 0 Å². The SMILES string of the molecule is Cc1cc(C(F)(F)F)nn1CC(=O)N1CCC(c2nc(C3CC(CC(N)=O)ON3c3c(F)cccc3F)cs2)CC1. The molecule has 2 unspecified atom stereocenters. The fourth-order valence-corrected chi connectivity index (χ4v) is 6.21. The average Bonchev–Trinajstić information content (AvgIpc) is 3.63. The first-order valence-electron chi connectivity index (χ1n) is 12.9. The molecule has 2 aliphatic rings. The summed E-state index contributed by atoms with van der Waals surface area (Å²) in [6.45, 7) is 1.97. The van der Waals surface area contributed by atoms with Crippen LogP contribution >= 0.6 is 11.3 Å². The van der Waals surface area contributed by atoms with E-state index in [0.717, 1.165) is 33.0 Å². The number of hydroxylamine groups is 1. The molecule has 4 heterocycles. The van der Waals surface area contributed by atoms with Crippen molar-refractivity contribution < 1.29 is 36.4 Å². The number of carbonyl (C=O) groups is 2. The zero-order valence-corrected chi connectivity index (χ0v) is 22.7. The van der Waals surface area contributed by atoms with E-state index >= 15 is 0 Å². The fraction of sp³-hybridized carbons (Fsp3) is 0.462.